The maximum Gasteiger partial charge on any atom is 0.183 e. The summed E-state index contributed by atoms with van der Waals surface area (Å²) in [5.41, 5.74) is 1.73. The zero-order chi connectivity index (χ0) is 17.4. The van der Waals surface area contributed by atoms with Crippen molar-refractivity contribution in [3.05, 3.63) is 72.4 Å². The Balaban J connectivity index is 1.96. The van der Waals surface area contributed by atoms with Gasteiger partial charge in [-0.3, -0.25) is 0 Å². The van der Waals surface area contributed by atoms with Crippen LogP contribution in [-0.2, 0) is 11.3 Å². The van der Waals surface area contributed by atoms with Crippen LogP contribution in [0.3, 0.4) is 0 Å². The lowest BCUT2D eigenvalue weighted by Gasteiger charge is -2.22. The first-order valence-corrected chi connectivity index (χ1v) is 7.60. The van der Waals surface area contributed by atoms with Crippen LogP contribution in [0.4, 0.5) is 0 Å². The number of ether oxygens (including phenoxy) is 3. The molecule has 0 aliphatic rings. The van der Waals surface area contributed by atoms with E-state index in [9.17, 15) is 5.11 Å². The SMILES string of the molecule is C=CN(COC(O)c1ccccc1)Cc1ccc(OC)c(OC)c1. The number of aliphatic hydroxyl groups excluding tert-OH is 1. The van der Waals surface area contributed by atoms with Gasteiger partial charge in [0.2, 0.25) is 0 Å². The summed E-state index contributed by atoms with van der Waals surface area (Å²) in [5, 5.41) is 10.1. The van der Waals surface area contributed by atoms with E-state index in [4.69, 9.17) is 14.2 Å². The lowest BCUT2D eigenvalue weighted by Crippen LogP contribution is -2.21. The minimum absolute atomic E-state index is 0.216. The minimum Gasteiger partial charge on any atom is -0.493 e. The molecular formula is C19H23NO4. The van der Waals surface area contributed by atoms with Gasteiger partial charge >= 0.3 is 0 Å². The molecule has 0 saturated carbocycles. The van der Waals surface area contributed by atoms with Crippen molar-refractivity contribution in [2.24, 2.45) is 0 Å². The van der Waals surface area contributed by atoms with E-state index in [1.165, 1.54) is 0 Å². The zero-order valence-electron chi connectivity index (χ0n) is 14.0. The molecule has 2 aromatic rings. The van der Waals surface area contributed by atoms with Gasteiger partial charge in [0.25, 0.3) is 0 Å². The van der Waals surface area contributed by atoms with Crippen LogP contribution in [-0.4, -0.2) is 31.0 Å². The highest BCUT2D eigenvalue weighted by atomic mass is 16.6. The number of hydrogen-bond donors (Lipinski definition) is 1. The smallest absolute Gasteiger partial charge is 0.183 e. The average Bonchev–Trinajstić information content (AvgIpc) is 2.65. The highest BCUT2D eigenvalue weighted by molar-refractivity contribution is 5.42. The average molecular weight is 329 g/mol. The van der Waals surface area contributed by atoms with Gasteiger partial charge < -0.3 is 24.2 Å². The Kier molecular flexibility index (Phi) is 6.66. The molecule has 1 atom stereocenters. The Hall–Kier alpha value is -2.50. The zero-order valence-corrected chi connectivity index (χ0v) is 14.0. The van der Waals surface area contributed by atoms with E-state index in [2.05, 4.69) is 6.58 Å². The molecule has 2 aromatic carbocycles. The van der Waals surface area contributed by atoms with E-state index in [1.807, 2.05) is 53.4 Å². The molecule has 0 aromatic heterocycles. The Morgan fingerprint density at radius 2 is 1.79 bits per heavy atom. The molecule has 1 unspecified atom stereocenters. The van der Waals surface area contributed by atoms with Crippen molar-refractivity contribution >= 4 is 0 Å². The molecule has 0 spiro atoms. The molecule has 5 nitrogen and oxygen atoms in total. The Morgan fingerprint density at radius 3 is 2.42 bits per heavy atom. The van der Waals surface area contributed by atoms with Crippen LogP contribution in [0.15, 0.2) is 61.3 Å². The van der Waals surface area contributed by atoms with Crippen LogP contribution >= 0.6 is 0 Å². The van der Waals surface area contributed by atoms with Gasteiger partial charge in [-0.2, -0.15) is 0 Å². The second-order valence-corrected chi connectivity index (χ2v) is 5.18. The summed E-state index contributed by atoms with van der Waals surface area (Å²) in [6, 6.07) is 15.0. The first kappa shape index (κ1) is 17.8. The number of nitrogens with zero attached hydrogens (tertiary/aromatic N) is 1. The summed E-state index contributed by atoms with van der Waals surface area (Å²) < 4.78 is 16.1. The van der Waals surface area contributed by atoms with Crippen LogP contribution in [0.5, 0.6) is 11.5 Å². The number of benzene rings is 2. The summed E-state index contributed by atoms with van der Waals surface area (Å²) in [5.74, 6) is 1.35. The molecule has 0 heterocycles. The molecule has 24 heavy (non-hydrogen) atoms. The Morgan fingerprint density at radius 1 is 1.08 bits per heavy atom. The third-order valence-corrected chi connectivity index (χ3v) is 3.57. The second kappa shape index (κ2) is 8.96. The van der Waals surface area contributed by atoms with Gasteiger partial charge in [-0.25, -0.2) is 0 Å². The van der Waals surface area contributed by atoms with Crippen molar-refractivity contribution in [3.63, 3.8) is 0 Å². The molecule has 1 N–H and O–H groups in total. The van der Waals surface area contributed by atoms with Crippen molar-refractivity contribution in [3.8, 4) is 11.5 Å². The van der Waals surface area contributed by atoms with Crippen molar-refractivity contribution < 1.29 is 19.3 Å². The second-order valence-electron chi connectivity index (χ2n) is 5.18. The fourth-order valence-corrected chi connectivity index (χ4v) is 2.26. The predicted molar refractivity (Wildman–Crippen MR) is 92.6 cm³/mol. The first-order valence-electron chi connectivity index (χ1n) is 7.60. The quantitative estimate of drug-likeness (QED) is 0.715. The fraction of sp³-hybridized carbons (Fsp3) is 0.263. The van der Waals surface area contributed by atoms with Crippen molar-refractivity contribution in [2.45, 2.75) is 12.8 Å². The molecule has 128 valence electrons. The van der Waals surface area contributed by atoms with Crippen LogP contribution in [0.1, 0.15) is 17.4 Å². The van der Waals surface area contributed by atoms with Crippen LogP contribution in [0, 0.1) is 0 Å². The van der Waals surface area contributed by atoms with Gasteiger partial charge in [-0.15, -0.1) is 0 Å². The number of methoxy groups -OCH3 is 2. The van der Waals surface area contributed by atoms with Crippen LogP contribution in [0.25, 0.3) is 0 Å². The monoisotopic (exact) mass is 329 g/mol. The van der Waals surface area contributed by atoms with Gasteiger partial charge in [0.15, 0.2) is 17.8 Å². The van der Waals surface area contributed by atoms with Gasteiger partial charge in [0.05, 0.1) is 14.2 Å². The maximum absolute atomic E-state index is 10.1. The Labute approximate surface area is 142 Å². The van der Waals surface area contributed by atoms with E-state index in [-0.39, 0.29) is 6.73 Å². The van der Waals surface area contributed by atoms with Crippen molar-refractivity contribution in [1.29, 1.82) is 0 Å². The third-order valence-electron chi connectivity index (χ3n) is 3.57. The fourth-order valence-electron chi connectivity index (χ4n) is 2.26. The van der Waals surface area contributed by atoms with Crippen molar-refractivity contribution in [1.82, 2.24) is 4.90 Å². The molecule has 0 radical (unpaired) electrons. The number of rotatable bonds is 9. The van der Waals surface area contributed by atoms with E-state index in [0.29, 0.717) is 23.6 Å². The van der Waals surface area contributed by atoms with Gasteiger partial charge in [0.1, 0.15) is 6.73 Å². The van der Waals surface area contributed by atoms with Gasteiger partial charge in [-0.1, -0.05) is 43.0 Å². The first-order chi connectivity index (χ1) is 11.7. The predicted octanol–water partition coefficient (Wildman–Crippen LogP) is 3.31. The molecule has 2 rings (SSSR count). The van der Waals surface area contributed by atoms with Gasteiger partial charge in [-0.05, 0) is 23.9 Å². The third kappa shape index (κ3) is 4.75. The lowest BCUT2D eigenvalue weighted by atomic mass is 10.2. The highest BCUT2D eigenvalue weighted by Gasteiger charge is 2.10. The number of aliphatic hydroxyl groups is 1. The summed E-state index contributed by atoms with van der Waals surface area (Å²) in [4.78, 5) is 1.85. The van der Waals surface area contributed by atoms with Crippen molar-refractivity contribution in [2.75, 3.05) is 21.0 Å². The lowest BCUT2D eigenvalue weighted by molar-refractivity contribution is -0.130. The van der Waals surface area contributed by atoms with Gasteiger partial charge in [0, 0.05) is 12.1 Å². The molecule has 0 aliphatic carbocycles. The van der Waals surface area contributed by atoms with E-state index >= 15 is 0 Å². The van der Waals surface area contributed by atoms with E-state index < -0.39 is 6.29 Å². The summed E-state index contributed by atoms with van der Waals surface area (Å²) in [7, 11) is 3.21. The highest BCUT2D eigenvalue weighted by Crippen LogP contribution is 2.28. The summed E-state index contributed by atoms with van der Waals surface area (Å²) >= 11 is 0. The molecule has 5 heteroatoms. The summed E-state index contributed by atoms with van der Waals surface area (Å²) in [6.45, 7) is 4.58. The van der Waals surface area contributed by atoms with Crippen LogP contribution < -0.4 is 9.47 Å². The topological polar surface area (TPSA) is 51.2 Å². The molecule has 0 saturated heterocycles. The standard InChI is InChI=1S/C19H23NO4/c1-4-20(14-24-19(21)16-8-6-5-7-9-16)13-15-10-11-17(22-2)18(12-15)23-3/h4-12,19,21H,1,13-14H2,2-3H3. The minimum atomic E-state index is -0.973. The maximum atomic E-state index is 10.1. The van der Waals surface area contributed by atoms with E-state index in [0.717, 1.165) is 5.56 Å². The number of hydrogen-bond acceptors (Lipinski definition) is 5. The summed E-state index contributed by atoms with van der Waals surface area (Å²) in [6.07, 6.45) is 0.702. The molecule has 0 amide bonds. The van der Waals surface area contributed by atoms with E-state index in [1.54, 1.807) is 20.4 Å². The molecule has 0 fully saturated rings. The molecule has 0 bridgehead atoms. The molecule has 0 aliphatic heterocycles. The molecular weight excluding hydrogens is 306 g/mol. The normalized spacial score (nSPS) is 11.6. The van der Waals surface area contributed by atoms with Crippen LogP contribution in [0.2, 0.25) is 0 Å². The Bertz CT molecular complexity index is 645. The largest absolute Gasteiger partial charge is 0.493 e.